The number of rotatable bonds is 5. The van der Waals surface area contributed by atoms with Crippen molar-refractivity contribution in [1.82, 2.24) is 15.5 Å². The number of nitrogens with zero attached hydrogens (tertiary/aromatic N) is 3. The summed E-state index contributed by atoms with van der Waals surface area (Å²) in [7, 11) is 1.60. The molecule has 2 heterocycles. The molecule has 1 N–H and O–H groups in total. The molecule has 5 rings (SSSR count). The van der Waals surface area contributed by atoms with Crippen molar-refractivity contribution in [2.24, 2.45) is 0 Å². The highest BCUT2D eigenvalue weighted by Crippen LogP contribution is 2.39. The second kappa shape index (κ2) is 9.27. The minimum Gasteiger partial charge on any atom is -0.497 e. The van der Waals surface area contributed by atoms with E-state index in [0.717, 1.165) is 23.3 Å². The molecule has 1 atom stereocenters. The Bertz CT molecular complexity index is 1420. The Morgan fingerprint density at radius 3 is 2.43 bits per heavy atom. The Kier molecular flexibility index (Phi) is 6.00. The van der Waals surface area contributed by atoms with E-state index in [1.165, 1.54) is 6.07 Å². The van der Waals surface area contributed by atoms with E-state index in [0.29, 0.717) is 33.6 Å². The first-order valence-electron chi connectivity index (χ1n) is 10.8. The lowest BCUT2D eigenvalue weighted by Gasteiger charge is -2.37. The zero-order chi connectivity index (χ0) is 24.5. The highest BCUT2D eigenvalue weighted by Gasteiger charge is 2.35. The van der Waals surface area contributed by atoms with Gasteiger partial charge in [-0.05, 0) is 49.0 Å². The van der Waals surface area contributed by atoms with Gasteiger partial charge >= 0.3 is 0 Å². The van der Waals surface area contributed by atoms with Gasteiger partial charge in [-0.25, -0.2) is 8.78 Å². The van der Waals surface area contributed by atoms with E-state index >= 15 is 0 Å². The van der Waals surface area contributed by atoms with Crippen molar-refractivity contribution in [3.05, 3.63) is 102 Å². The van der Waals surface area contributed by atoms with Gasteiger partial charge in [0, 0.05) is 17.3 Å². The maximum absolute atomic E-state index is 14.1. The number of methoxy groups -OCH3 is 1. The van der Waals surface area contributed by atoms with Crippen molar-refractivity contribution in [2.75, 3.05) is 12.0 Å². The average molecular weight is 491 g/mol. The minimum absolute atomic E-state index is 0.282. The van der Waals surface area contributed by atoms with Crippen molar-refractivity contribution < 1.29 is 18.0 Å². The van der Waals surface area contributed by atoms with Crippen LogP contribution in [0.4, 0.5) is 14.5 Å². The number of thiocarbonyl (C=S) groups is 1. The molecule has 0 amide bonds. The Labute approximate surface area is 205 Å². The van der Waals surface area contributed by atoms with Gasteiger partial charge in [-0.15, -0.1) is 0 Å². The first-order valence-corrected chi connectivity index (χ1v) is 11.2. The fourth-order valence-corrected chi connectivity index (χ4v) is 4.40. The highest BCUT2D eigenvalue weighted by atomic mass is 32.1. The standard InChI is InChI=1S/C26H20F2N4O2S/c1-15-22(25-30-24(31-34-25)17-6-4-3-5-7-17)23(16-8-11-19(33-2)12-9-16)29-26(35)32(15)18-10-13-20(27)21(28)14-18/h3-14,23H,1-2H3,(H,29,35). The van der Waals surface area contributed by atoms with Crippen LogP contribution in [-0.2, 0) is 0 Å². The largest absolute Gasteiger partial charge is 0.497 e. The number of halogens is 2. The molecule has 35 heavy (non-hydrogen) atoms. The third-order valence-electron chi connectivity index (χ3n) is 5.78. The third kappa shape index (κ3) is 4.26. The number of anilines is 1. The molecule has 1 aliphatic rings. The molecule has 0 saturated carbocycles. The zero-order valence-corrected chi connectivity index (χ0v) is 19.6. The molecule has 0 bridgehead atoms. The molecule has 176 valence electrons. The van der Waals surface area contributed by atoms with Gasteiger partial charge in [0.2, 0.25) is 5.82 Å². The number of nitrogens with one attached hydrogen (secondary N) is 1. The van der Waals surface area contributed by atoms with Crippen LogP contribution in [-0.4, -0.2) is 22.4 Å². The number of hydrogen-bond donors (Lipinski definition) is 1. The molecular formula is C26H20F2N4O2S. The second-order valence-corrected chi connectivity index (χ2v) is 8.26. The van der Waals surface area contributed by atoms with Crippen molar-refractivity contribution in [3.8, 4) is 17.1 Å². The Hall–Kier alpha value is -4.11. The summed E-state index contributed by atoms with van der Waals surface area (Å²) < 4.78 is 38.7. The molecule has 1 unspecified atom stereocenters. The Morgan fingerprint density at radius 2 is 1.74 bits per heavy atom. The van der Waals surface area contributed by atoms with E-state index in [-0.39, 0.29) is 5.89 Å². The lowest BCUT2D eigenvalue weighted by atomic mass is 9.94. The maximum Gasteiger partial charge on any atom is 0.258 e. The van der Waals surface area contributed by atoms with Gasteiger partial charge in [-0.3, -0.25) is 4.90 Å². The molecule has 0 spiro atoms. The lowest BCUT2D eigenvalue weighted by molar-refractivity contribution is 0.404. The number of ether oxygens (including phenoxy) is 1. The van der Waals surface area contributed by atoms with Gasteiger partial charge < -0.3 is 14.6 Å². The molecule has 4 aromatic rings. The summed E-state index contributed by atoms with van der Waals surface area (Å²) in [5.41, 5.74) is 3.35. The summed E-state index contributed by atoms with van der Waals surface area (Å²) in [4.78, 5) is 6.27. The van der Waals surface area contributed by atoms with Gasteiger partial charge in [0.25, 0.3) is 5.89 Å². The van der Waals surface area contributed by atoms with Crippen LogP contribution < -0.4 is 15.0 Å². The van der Waals surface area contributed by atoms with Crippen LogP contribution in [0.25, 0.3) is 17.0 Å². The van der Waals surface area contributed by atoms with Crippen molar-refractivity contribution >= 4 is 28.6 Å². The minimum atomic E-state index is -0.971. The predicted molar refractivity (Wildman–Crippen MR) is 133 cm³/mol. The molecule has 1 aliphatic heterocycles. The number of benzene rings is 3. The Morgan fingerprint density at radius 1 is 1.00 bits per heavy atom. The van der Waals surface area contributed by atoms with Crippen LogP contribution >= 0.6 is 12.2 Å². The predicted octanol–water partition coefficient (Wildman–Crippen LogP) is 5.89. The summed E-state index contributed by atoms with van der Waals surface area (Å²) >= 11 is 5.65. The van der Waals surface area contributed by atoms with Crippen LogP contribution in [0, 0.1) is 11.6 Å². The van der Waals surface area contributed by atoms with Crippen molar-refractivity contribution in [1.29, 1.82) is 0 Å². The Balaban J connectivity index is 1.65. The van der Waals surface area contributed by atoms with Gasteiger partial charge in [-0.1, -0.05) is 47.6 Å². The van der Waals surface area contributed by atoms with E-state index in [2.05, 4.69) is 15.5 Å². The molecular weight excluding hydrogens is 470 g/mol. The summed E-state index contributed by atoms with van der Waals surface area (Å²) in [6.07, 6.45) is 0. The first kappa shape index (κ1) is 22.7. The summed E-state index contributed by atoms with van der Waals surface area (Å²) in [5.74, 6) is -0.485. The van der Waals surface area contributed by atoms with Crippen LogP contribution in [0.3, 0.4) is 0 Å². The van der Waals surface area contributed by atoms with Crippen LogP contribution in [0.15, 0.2) is 83.0 Å². The topological polar surface area (TPSA) is 63.4 Å². The first-order chi connectivity index (χ1) is 17.0. The van der Waals surface area contributed by atoms with Gasteiger partial charge in [0.1, 0.15) is 5.75 Å². The molecule has 1 aromatic heterocycles. The van der Waals surface area contributed by atoms with E-state index in [1.807, 2.05) is 61.5 Å². The maximum atomic E-state index is 14.1. The SMILES string of the molecule is COc1ccc(C2NC(=S)N(c3ccc(F)c(F)c3)C(C)=C2c2nc(-c3ccccc3)no2)cc1. The van der Waals surface area contributed by atoms with Crippen LogP contribution in [0.1, 0.15) is 24.4 Å². The van der Waals surface area contributed by atoms with E-state index < -0.39 is 17.7 Å². The van der Waals surface area contributed by atoms with E-state index in [1.54, 1.807) is 12.0 Å². The molecule has 0 saturated heterocycles. The fraction of sp³-hybridized carbons (Fsp3) is 0.115. The molecule has 0 aliphatic carbocycles. The monoisotopic (exact) mass is 490 g/mol. The second-order valence-electron chi connectivity index (χ2n) is 7.88. The van der Waals surface area contributed by atoms with Crippen molar-refractivity contribution in [3.63, 3.8) is 0 Å². The molecule has 0 fully saturated rings. The summed E-state index contributed by atoms with van der Waals surface area (Å²) in [6, 6.07) is 20.2. The van der Waals surface area contributed by atoms with Crippen LogP contribution in [0.2, 0.25) is 0 Å². The molecule has 6 nitrogen and oxygen atoms in total. The number of hydrogen-bond acceptors (Lipinski definition) is 5. The van der Waals surface area contributed by atoms with Gasteiger partial charge in [0.15, 0.2) is 16.7 Å². The third-order valence-corrected chi connectivity index (χ3v) is 6.08. The lowest BCUT2D eigenvalue weighted by Crippen LogP contribution is -2.46. The number of allylic oxidation sites excluding steroid dienone is 1. The van der Waals surface area contributed by atoms with E-state index in [4.69, 9.17) is 21.5 Å². The summed E-state index contributed by atoms with van der Waals surface area (Å²) in [6.45, 7) is 1.83. The normalized spacial score (nSPS) is 15.8. The van der Waals surface area contributed by atoms with Gasteiger partial charge in [0.05, 0.1) is 24.4 Å². The average Bonchev–Trinajstić information content (AvgIpc) is 3.36. The van der Waals surface area contributed by atoms with Gasteiger partial charge in [-0.2, -0.15) is 4.98 Å². The smallest absolute Gasteiger partial charge is 0.258 e. The number of aromatic nitrogens is 2. The zero-order valence-electron chi connectivity index (χ0n) is 18.8. The fourth-order valence-electron chi connectivity index (χ4n) is 4.04. The molecule has 3 aromatic carbocycles. The summed E-state index contributed by atoms with van der Waals surface area (Å²) in [5, 5.41) is 7.78. The van der Waals surface area contributed by atoms with Crippen molar-refractivity contribution in [2.45, 2.75) is 13.0 Å². The van der Waals surface area contributed by atoms with Crippen LogP contribution in [0.5, 0.6) is 5.75 Å². The highest BCUT2D eigenvalue weighted by molar-refractivity contribution is 7.80. The molecule has 0 radical (unpaired) electrons. The molecule has 9 heteroatoms. The van der Waals surface area contributed by atoms with E-state index in [9.17, 15) is 8.78 Å². The quantitative estimate of drug-likeness (QED) is 0.350.